The van der Waals surface area contributed by atoms with Crippen molar-refractivity contribution in [2.45, 2.75) is 33.6 Å². The minimum absolute atomic E-state index is 0.0271. The number of rotatable bonds is 6. The van der Waals surface area contributed by atoms with Gasteiger partial charge in [-0.1, -0.05) is 20.3 Å². The number of aliphatic hydroxyl groups excluding tert-OH is 1. The van der Waals surface area contributed by atoms with Crippen molar-refractivity contribution in [2.75, 3.05) is 13.2 Å². The molecule has 1 aromatic heterocycles. The number of aryl methyl sites for hydroxylation is 2. The predicted octanol–water partition coefficient (Wildman–Crippen LogP) is 2.37. The molecule has 1 aromatic rings. The maximum atomic E-state index is 11.9. The Morgan fingerprint density at radius 1 is 1.59 bits per heavy atom. The van der Waals surface area contributed by atoms with Crippen molar-refractivity contribution in [1.82, 2.24) is 5.32 Å². The number of hydrogen-bond acceptors (Lipinski definition) is 3. The molecule has 96 valence electrons. The van der Waals surface area contributed by atoms with Crippen LogP contribution >= 0.6 is 11.3 Å². The molecule has 0 saturated carbocycles. The molecule has 1 heterocycles. The third-order valence-electron chi connectivity index (χ3n) is 2.69. The lowest BCUT2D eigenvalue weighted by atomic mass is 10.1. The van der Waals surface area contributed by atoms with Crippen molar-refractivity contribution in [3.63, 3.8) is 0 Å². The molecule has 1 unspecified atom stereocenters. The highest BCUT2D eigenvalue weighted by Crippen LogP contribution is 2.22. The van der Waals surface area contributed by atoms with Crippen LogP contribution in [0.1, 0.15) is 40.4 Å². The van der Waals surface area contributed by atoms with Crippen LogP contribution in [0.2, 0.25) is 0 Å². The Bertz CT molecular complexity index is 373. The SMILES string of the molecule is CCCc1cc(C(=O)NCC(C)CO)sc1C. The Balaban J connectivity index is 2.60. The summed E-state index contributed by atoms with van der Waals surface area (Å²) in [5.41, 5.74) is 1.28. The molecular formula is C13H21NO2S. The van der Waals surface area contributed by atoms with Gasteiger partial charge in [-0.3, -0.25) is 4.79 Å². The molecule has 0 spiro atoms. The molecule has 4 heteroatoms. The molecule has 0 aliphatic carbocycles. The summed E-state index contributed by atoms with van der Waals surface area (Å²) < 4.78 is 0. The molecule has 2 N–H and O–H groups in total. The summed E-state index contributed by atoms with van der Waals surface area (Å²) in [6.07, 6.45) is 2.13. The number of thiophene rings is 1. The van der Waals surface area contributed by atoms with E-state index >= 15 is 0 Å². The van der Waals surface area contributed by atoms with Crippen molar-refractivity contribution < 1.29 is 9.90 Å². The number of aliphatic hydroxyl groups is 1. The molecule has 0 aliphatic heterocycles. The first-order chi connectivity index (χ1) is 8.08. The lowest BCUT2D eigenvalue weighted by molar-refractivity contribution is 0.0946. The molecule has 1 rings (SSSR count). The highest BCUT2D eigenvalue weighted by atomic mass is 32.1. The van der Waals surface area contributed by atoms with E-state index in [9.17, 15) is 4.79 Å². The van der Waals surface area contributed by atoms with E-state index in [4.69, 9.17) is 5.11 Å². The highest BCUT2D eigenvalue weighted by molar-refractivity contribution is 7.14. The van der Waals surface area contributed by atoms with Crippen molar-refractivity contribution in [2.24, 2.45) is 5.92 Å². The number of carbonyl (C=O) groups excluding carboxylic acids is 1. The Labute approximate surface area is 107 Å². The number of hydrogen-bond donors (Lipinski definition) is 2. The van der Waals surface area contributed by atoms with Gasteiger partial charge in [-0.15, -0.1) is 11.3 Å². The number of amides is 1. The lowest BCUT2D eigenvalue weighted by Crippen LogP contribution is -2.28. The van der Waals surface area contributed by atoms with Crippen LogP contribution in [-0.2, 0) is 6.42 Å². The third-order valence-corrected chi connectivity index (χ3v) is 3.78. The second-order valence-corrected chi connectivity index (χ2v) is 5.70. The Morgan fingerprint density at radius 3 is 2.88 bits per heavy atom. The standard InChI is InChI=1S/C13H21NO2S/c1-4-5-11-6-12(17-10(11)3)13(16)14-7-9(2)8-15/h6,9,15H,4-5,7-8H2,1-3H3,(H,14,16). The summed E-state index contributed by atoms with van der Waals surface area (Å²) >= 11 is 1.55. The van der Waals surface area contributed by atoms with E-state index in [1.165, 1.54) is 10.4 Å². The largest absolute Gasteiger partial charge is 0.396 e. The van der Waals surface area contributed by atoms with Crippen LogP contribution in [-0.4, -0.2) is 24.2 Å². The van der Waals surface area contributed by atoms with Gasteiger partial charge in [0.25, 0.3) is 5.91 Å². The van der Waals surface area contributed by atoms with Crippen molar-refractivity contribution in [3.05, 3.63) is 21.4 Å². The second kappa shape index (κ2) is 6.77. The zero-order valence-electron chi connectivity index (χ0n) is 10.7. The van der Waals surface area contributed by atoms with E-state index in [0.717, 1.165) is 17.7 Å². The van der Waals surface area contributed by atoms with Crippen LogP contribution in [0.5, 0.6) is 0 Å². The van der Waals surface area contributed by atoms with Gasteiger partial charge in [-0.25, -0.2) is 0 Å². The van der Waals surface area contributed by atoms with E-state index in [1.54, 1.807) is 11.3 Å². The topological polar surface area (TPSA) is 49.3 Å². The fourth-order valence-corrected chi connectivity index (χ4v) is 2.56. The van der Waals surface area contributed by atoms with E-state index in [1.807, 2.05) is 13.0 Å². The minimum atomic E-state index is -0.0271. The smallest absolute Gasteiger partial charge is 0.261 e. The first-order valence-electron chi connectivity index (χ1n) is 6.06. The van der Waals surface area contributed by atoms with Crippen molar-refractivity contribution in [3.8, 4) is 0 Å². The second-order valence-electron chi connectivity index (χ2n) is 4.44. The average molecular weight is 255 g/mol. The molecule has 0 radical (unpaired) electrons. The molecule has 17 heavy (non-hydrogen) atoms. The van der Waals surface area contributed by atoms with Crippen LogP contribution in [0, 0.1) is 12.8 Å². The minimum Gasteiger partial charge on any atom is -0.396 e. The molecule has 3 nitrogen and oxygen atoms in total. The maximum absolute atomic E-state index is 11.9. The fraction of sp³-hybridized carbons (Fsp3) is 0.615. The summed E-state index contributed by atoms with van der Waals surface area (Å²) in [5.74, 6) is 0.0795. The monoisotopic (exact) mass is 255 g/mol. The van der Waals surface area contributed by atoms with E-state index in [0.29, 0.717) is 6.54 Å². The number of carbonyl (C=O) groups is 1. The number of nitrogens with one attached hydrogen (secondary N) is 1. The average Bonchev–Trinajstić information content (AvgIpc) is 2.68. The normalized spacial score (nSPS) is 12.5. The van der Waals surface area contributed by atoms with Crippen molar-refractivity contribution >= 4 is 17.2 Å². The fourth-order valence-electron chi connectivity index (χ4n) is 1.57. The van der Waals surface area contributed by atoms with E-state index < -0.39 is 0 Å². The van der Waals surface area contributed by atoms with Gasteiger partial charge in [-0.2, -0.15) is 0 Å². The third kappa shape index (κ3) is 4.13. The van der Waals surface area contributed by atoms with Gasteiger partial charge in [0.15, 0.2) is 0 Å². The van der Waals surface area contributed by atoms with Gasteiger partial charge in [0.2, 0.25) is 0 Å². The Kier molecular flexibility index (Phi) is 5.65. The van der Waals surface area contributed by atoms with E-state index in [2.05, 4.69) is 19.2 Å². The molecule has 0 saturated heterocycles. The van der Waals surface area contributed by atoms with Crippen LogP contribution in [0.25, 0.3) is 0 Å². The highest BCUT2D eigenvalue weighted by Gasteiger charge is 2.12. The summed E-state index contributed by atoms with van der Waals surface area (Å²) in [7, 11) is 0. The Hall–Kier alpha value is -0.870. The van der Waals surface area contributed by atoms with Crippen molar-refractivity contribution in [1.29, 1.82) is 0 Å². The zero-order chi connectivity index (χ0) is 12.8. The molecular weight excluding hydrogens is 234 g/mol. The van der Waals surface area contributed by atoms with Gasteiger partial charge in [-0.05, 0) is 30.9 Å². The molecule has 1 amide bonds. The molecule has 0 fully saturated rings. The Morgan fingerprint density at radius 2 is 2.29 bits per heavy atom. The predicted molar refractivity (Wildman–Crippen MR) is 71.6 cm³/mol. The quantitative estimate of drug-likeness (QED) is 0.820. The molecule has 0 bridgehead atoms. The van der Waals surface area contributed by atoms with Crippen LogP contribution in [0.15, 0.2) is 6.07 Å². The maximum Gasteiger partial charge on any atom is 0.261 e. The van der Waals surface area contributed by atoms with E-state index in [-0.39, 0.29) is 18.4 Å². The summed E-state index contributed by atoms with van der Waals surface area (Å²) in [4.78, 5) is 13.9. The summed E-state index contributed by atoms with van der Waals surface area (Å²) in [5, 5.41) is 11.7. The van der Waals surface area contributed by atoms with Gasteiger partial charge < -0.3 is 10.4 Å². The molecule has 0 aromatic carbocycles. The first-order valence-corrected chi connectivity index (χ1v) is 6.88. The zero-order valence-corrected chi connectivity index (χ0v) is 11.6. The van der Waals surface area contributed by atoms with Gasteiger partial charge in [0, 0.05) is 18.0 Å². The molecule has 0 aliphatic rings. The van der Waals surface area contributed by atoms with Crippen LogP contribution < -0.4 is 5.32 Å². The van der Waals surface area contributed by atoms with Gasteiger partial charge in [0.05, 0.1) is 4.88 Å². The summed E-state index contributed by atoms with van der Waals surface area (Å²) in [6.45, 7) is 6.73. The summed E-state index contributed by atoms with van der Waals surface area (Å²) in [6, 6.07) is 1.99. The first kappa shape index (κ1) is 14.2. The van der Waals surface area contributed by atoms with Gasteiger partial charge in [0.1, 0.15) is 0 Å². The van der Waals surface area contributed by atoms with Crippen LogP contribution in [0.3, 0.4) is 0 Å². The van der Waals surface area contributed by atoms with Gasteiger partial charge >= 0.3 is 0 Å². The lowest BCUT2D eigenvalue weighted by Gasteiger charge is -2.08. The van der Waals surface area contributed by atoms with Crippen LogP contribution in [0.4, 0.5) is 0 Å². The molecule has 1 atom stereocenters.